The molecule has 4 rings (SSSR count). The first-order chi connectivity index (χ1) is 12.3. The van der Waals surface area contributed by atoms with Crippen LogP contribution in [0.3, 0.4) is 0 Å². The Hall–Kier alpha value is -2.95. The van der Waals surface area contributed by atoms with E-state index in [1.807, 2.05) is 24.4 Å². The maximum Gasteiger partial charge on any atom is 0.132 e. The first-order valence-electron chi connectivity index (χ1n) is 8.62. The van der Waals surface area contributed by atoms with Crippen LogP contribution in [-0.4, -0.2) is 21.5 Å². The van der Waals surface area contributed by atoms with Gasteiger partial charge >= 0.3 is 0 Å². The van der Waals surface area contributed by atoms with Crippen LogP contribution in [0.1, 0.15) is 22.6 Å². The lowest BCUT2D eigenvalue weighted by Crippen LogP contribution is -2.32. The summed E-state index contributed by atoms with van der Waals surface area (Å²) in [6.45, 7) is 1.66. The van der Waals surface area contributed by atoms with Gasteiger partial charge in [0.1, 0.15) is 11.6 Å². The molecule has 0 fully saturated rings. The summed E-state index contributed by atoms with van der Waals surface area (Å²) < 4.78 is 0. The summed E-state index contributed by atoms with van der Waals surface area (Å²) in [5, 5.41) is 0. The lowest BCUT2D eigenvalue weighted by Gasteiger charge is -2.30. The highest BCUT2D eigenvalue weighted by atomic mass is 15.2. The van der Waals surface area contributed by atoms with Gasteiger partial charge in [0.25, 0.3) is 0 Å². The summed E-state index contributed by atoms with van der Waals surface area (Å²) in [5.74, 6) is 1.85. The Morgan fingerprint density at radius 1 is 0.960 bits per heavy atom. The zero-order valence-corrected chi connectivity index (χ0v) is 14.1. The van der Waals surface area contributed by atoms with Gasteiger partial charge in [-0.1, -0.05) is 30.3 Å². The molecule has 1 aliphatic rings. The fraction of sp³-hybridized carbons (Fsp3) is 0.250. The van der Waals surface area contributed by atoms with Crippen molar-refractivity contribution in [1.29, 1.82) is 0 Å². The number of nitrogens with two attached hydrogens (primary N) is 1. The number of nitrogen functional groups attached to an aromatic ring is 1. The number of nitrogens with zero attached hydrogens (tertiary/aromatic N) is 4. The van der Waals surface area contributed by atoms with E-state index in [0.29, 0.717) is 0 Å². The fourth-order valence-corrected chi connectivity index (χ4v) is 3.24. The normalized spacial score (nSPS) is 13.5. The predicted octanol–water partition coefficient (Wildman–Crippen LogP) is 2.80. The van der Waals surface area contributed by atoms with Gasteiger partial charge in [0.15, 0.2) is 0 Å². The molecular formula is C20H21N5. The highest BCUT2D eigenvalue weighted by molar-refractivity contribution is 5.53. The van der Waals surface area contributed by atoms with Crippen LogP contribution in [0.5, 0.6) is 0 Å². The molecule has 0 unspecified atom stereocenters. The van der Waals surface area contributed by atoms with Crippen molar-refractivity contribution < 1.29 is 0 Å². The van der Waals surface area contributed by atoms with Crippen molar-refractivity contribution in [2.75, 3.05) is 17.2 Å². The molecule has 0 spiro atoms. The number of hydrogen-bond donors (Lipinski definition) is 1. The monoisotopic (exact) mass is 331 g/mol. The van der Waals surface area contributed by atoms with Crippen molar-refractivity contribution in [3.05, 3.63) is 77.5 Å². The van der Waals surface area contributed by atoms with E-state index in [1.54, 1.807) is 6.20 Å². The molecule has 2 aromatic heterocycles. The van der Waals surface area contributed by atoms with Crippen molar-refractivity contribution in [2.45, 2.75) is 25.8 Å². The first-order valence-corrected chi connectivity index (χ1v) is 8.62. The molecule has 5 nitrogen and oxygen atoms in total. The Morgan fingerprint density at radius 3 is 2.68 bits per heavy atom. The van der Waals surface area contributed by atoms with E-state index >= 15 is 0 Å². The SMILES string of the molecule is Nc1ccnc2c1CN(c1ccnc(CCc3ccccc3)n1)CC2. The minimum Gasteiger partial charge on any atom is -0.398 e. The Kier molecular flexibility index (Phi) is 4.29. The molecule has 2 N–H and O–H groups in total. The van der Waals surface area contributed by atoms with Crippen LogP contribution < -0.4 is 10.6 Å². The number of hydrogen-bond acceptors (Lipinski definition) is 5. The molecule has 126 valence electrons. The van der Waals surface area contributed by atoms with Crippen molar-refractivity contribution in [3.8, 4) is 0 Å². The number of pyridine rings is 1. The smallest absolute Gasteiger partial charge is 0.132 e. The van der Waals surface area contributed by atoms with Crippen LogP contribution in [0, 0.1) is 0 Å². The lowest BCUT2D eigenvalue weighted by molar-refractivity contribution is 0.698. The maximum absolute atomic E-state index is 6.12. The highest BCUT2D eigenvalue weighted by Crippen LogP contribution is 2.25. The summed E-state index contributed by atoms with van der Waals surface area (Å²) in [7, 11) is 0. The van der Waals surface area contributed by atoms with Crippen LogP contribution in [0.25, 0.3) is 0 Å². The minimum atomic E-state index is 0.754. The molecule has 0 aliphatic carbocycles. The third-order valence-electron chi connectivity index (χ3n) is 4.64. The molecule has 0 bridgehead atoms. The van der Waals surface area contributed by atoms with E-state index in [1.165, 1.54) is 5.56 Å². The highest BCUT2D eigenvalue weighted by Gasteiger charge is 2.20. The predicted molar refractivity (Wildman–Crippen MR) is 99.3 cm³/mol. The average molecular weight is 331 g/mol. The third kappa shape index (κ3) is 3.45. The molecule has 0 saturated heterocycles. The van der Waals surface area contributed by atoms with E-state index in [9.17, 15) is 0 Å². The number of fused-ring (bicyclic) bond motifs is 1. The molecule has 0 radical (unpaired) electrons. The van der Waals surface area contributed by atoms with Crippen molar-refractivity contribution >= 4 is 11.5 Å². The number of aromatic nitrogens is 3. The number of aryl methyl sites for hydroxylation is 2. The third-order valence-corrected chi connectivity index (χ3v) is 4.64. The molecule has 0 atom stereocenters. The summed E-state index contributed by atoms with van der Waals surface area (Å²) in [6.07, 6.45) is 6.32. The van der Waals surface area contributed by atoms with Gasteiger partial charge in [0, 0.05) is 55.3 Å². The molecule has 3 aromatic rings. The van der Waals surface area contributed by atoms with Crippen molar-refractivity contribution in [3.63, 3.8) is 0 Å². The van der Waals surface area contributed by atoms with E-state index in [0.717, 1.165) is 60.9 Å². The van der Waals surface area contributed by atoms with Gasteiger partial charge < -0.3 is 10.6 Å². The Bertz CT molecular complexity index is 863. The van der Waals surface area contributed by atoms with Gasteiger partial charge in [-0.15, -0.1) is 0 Å². The molecule has 25 heavy (non-hydrogen) atoms. The second kappa shape index (κ2) is 6.89. The standard InChI is InChI=1S/C20H21N5/c21-17-8-11-22-18-10-13-25(14-16(17)18)20-9-12-23-19(24-20)7-6-15-4-2-1-3-5-15/h1-5,8-9,11-12H,6-7,10,13-14H2,(H2,21,22). The lowest BCUT2D eigenvalue weighted by atomic mass is 10.0. The largest absolute Gasteiger partial charge is 0.398 e. The first kappa shape index (κ1) is 15.6. The van der Waals surface area contributed by atoms with Gasteiger partial charge in [-0.05, 0) is 24.1 Å². The van der Waals surface area contributed by atoms with Crippen molar-refractivity contribution in [2.24, 2.45) is 0 Å². The summed E-state index contributed by atoms with van der Waals surface area (Å²) in [4.78, 5) is 15.9. The molecule has 1 aromatic carbocycles. The van der Waals surface area contributed by atoms with Crippen LogP contribution in [0.2, 0.25) is 0 Å². The summed E-state index contributed by atoms with van der Waals surface area (Å²) in [6, 6.07) is 14.3. The number of rotatable bonds is 4. The second-order valence-corrected chi connectivity index (χ2v) is 6.31. The quantitative estimate of drug-likeness (QED) is 0.796. The summed E-state index contributed by atoms with van der Waals surface area (Å²) in [5.41, 5.74) is 10.5. The summed E-state index contributed by atoms with van der Waals surface area (Å²) >= 11 is 0. The molecule has 5 heteroatoms. The maximum atomic E-state index is 6.12. The Balaban J connectivity index is 1.49. The van der Waals surface area contributed by atoms with E-state index in [-0.39, 0.29) is 0 Å². The van der Waals surface area contributed by atoms with E-state index < -0.39 is 0 Å². The Labute approximate surface area is 147 Å². The van der Waals surface area contributed by atoms with Gasteiger partial charge in [0.2, 0.25) is 0 Å². The number of benzene rings is 1. The molecular weight excluding hydrogens is 310 g/mol. The van der Waals surface area contributed by atoms with Gasteiger partial charge in [-0.3, -0.25) is 4.98 Å². The van der Waals surface area contributed by atoms with Crippen molar-refractivity contribution in [1.82, 2.24) is 15.0 Å². The van der Waals surface area contributed by atoms with E-state index in [2.05, 4.69) is 39.1 Å². The minimum absolute atomic E-state index is 0.754. The van der Waals surface area contributed by atoms with Gasteiger partial charge in [-0.2, -0.15) is 0 Å². The van der Waals surface area contributed by atoms with Gasteiger partial charge in [0.05, 0.1) is 0 Å². The zero-order chi connectivity index (χ0) is 17.1. The second-order valence-electron chi connectivity index (χ2n) is 6.31. The van der Waals surface area contributed by atoms with Crippen LogP contribution in [0.4, 0.5) is 11.5 Å². The molecule has 0 amide bonds. The molecule has 1 aliphatic heterocycles. The van der Waals surface area contributed by atoms with Crippen LogP contribution >= 0.6 is 0 Å². The topological polar surface area (TPSA) is 67.9 Å². The molecule has 3 heterocycles. The number of anilines is 2. The van der Waals surface area contributed by atoms with E-state index in [4.69, 9.17) is 10.7 Å². The fourth-order valence-electron chi connectivity index (χ4n) is 3.24. The average Bonchev–Trinajstić information content (AvgIpc) is 2.68. The van der Waals surface area contributed by atoms with Crippen LogP contribution in [-0.2, 0) is 25.8 Å². The van der Waals surface area contributed by atoms with Crippen LogP contribution in [0.15, 0.2) is 54.9 Å². The molecule has 0 saturated carbocycles. The van der Waals surface area contributed by atoms with Gasteiger partial charge in [-0.25, -0.2) is 9.97 Å². The zero-order valence-electron chi connectivity index (χ0n) is 14.1. The Morgan fingerprint density at radius 2 is 1.80 bits per heavy atom.